The number of carbonyl (C=O) groups is 1. The highest BCUT2D eigenvalue weighted by Gasteiger charge is 2.32. The van der Waals surface area contributed by atoms with E-state index in [0.29, 0.717) is 34.6 Å². The lowest BCUT2D eigenvalue weighted by molar-refractivity contribution is -0.116. The lowest BCUT2D eigenvalue weighted by Gasteiger charge is -2.26. The number of aromatic nitrogens is 2. The second-order valence-corrected chi connectivity index (χ2v) is 8.92. The highest BCUT2D eigenvalue weighted by atomic mass is 32.2. The van der Waals surface area contributed by atoms with E-state index in [1.165, 1.54) is 17.3 Å². The molecule has 7 heteroatoms. The monoisotopic (exact) mass is 449 g/mol. The number of benzene rings is 2. The highest BCUT2D eigenvalue weighted by Crippen LogP contribution is 2.38. The van der Waals surface area contributed by atoms with Gasteiger partial charge in [0, 0.05) is 23.7 Å². The number of para-hydroxylation sites is 1. The van der Waals surface area contributed by atoms with Crippen LogP contribution in [0.4, 0.5) is 5.82 Å². The van der Waals surface area contributed by atoms with Crippen LogP contribution in [0.5, 0.6) is 5.75 Å². The predicted octanol–water partition coefficient (Wildman–Crippen LogP) is 5.02. The van der Waals surface area contributed by atoms with Crippen LogP contribution in [0.15, 0.2) is 58.5 Å². The fourth-order valence-corrected chi connectivity index (χ4v) is 4.67. The van der Waals surface area contributed by atoms with Gasteiger partial charge in [0.15, 0.2) is 5.16 Å². The molecule has 4 rings (SSSR count). The van der Waals surface area contributed by atoms with E-state index in [9.17, 15) is 9.59 Å². The van der Waals surface area contributed by atoms with E-state index < -0.39 is 5.92 Å². The Morgan fingerprint density at radius 2 is 2.00 bits per heavy atom. The van der Waals surface area contributed by atoms with E-state index in [-0.39, 0.29) is 17.9 Å². The van der Waals surface area contributed by atoms with Crippen molar-refractivity contribution in [3.63, 3.8) is 0 Å². The summed E-state index contributed by atoms with van der Waals surface area (Å²) in [6.45, 7) is 4.76. The Hall–Kier alpha value is -3.06. The number of nitrogens with zero attached hydrogens (tertiary/aromatic N) is 1. The van der Waals surface area contributed by atoms with E-state index >= 15 is 0 Å². The third-order valence-electron chi connectivity index (χ3n) is 5.44. The van der Waals surface area contributed by atoms with Gasteiger partial charge in [-0.05, 0) is 25.0 Å². The zero-order valence-electron chi connectivity index (χ0n) is 18.3. The van der Waals surface area contributed by atoms with Crippen molar-refractivity contribution in [1.82, 2.24) is 9.97 Å². The molecule has 0 bridgehead atoms. The molecule has 6 nitrogen and oxygen atoms in total. The summed E-state index contributed by atoms with van der Waals surface area (Å²) >= 11 is 1.44. The van der Waals surface area contributed by atoms with Crippen molar-refractivity contribution in [3.05, 3.63) is 81.1 Å². The molecule has 166 valence electrons. The van der Waals surface area contributed by atoms with Gasteiger partial charge in [-0.2, -0.15) is 0 Å². The summed E-state index contributed by atoms with van der Waals surface area (Å²) in [5.41, 5.74) is 3.43. The first-order valence-electron chi connectivity index (χ1n) is 10.9. The quantitative estimate of drug-likeness (QED) is 0.286. The van der Waals surface area contributed by atoms with Crippen molar-refractivity contribution < 1.29 is 9.53 Å². The third-order valence-corrected chi connectivity index (χ3v) is 6.38. The molecule has 0 fully saturated rings. The van der Waals surface area contributed by atoms with Gasteiger partial charge in [0.05, 0.1) is 12.2 Å². The van der Waals surface area contributed by atoms with Crippen molar-refractivity contribution in [2.24, 2.45) is 0 Å². The van der Waals surface area contributed by atoms with Crippen molar-refractivity contribution in [3.8, 4) is 5.75 Å². The van der Waals surface area contributed by atoms with Crippen molar-refractivity contribution >= 4 is 23.5 Å². The maximum Gasteiger partial charge on any atom is 0.257 e. The molecule has 0 radical (unpaired) electrons. The van der Waals surface area contributed by atoms with Gasteiger partial charge in [-0.3, -0.25) is 9.59 Å². The van der Waals surface area contributed by atoms with Crippen LogP contribution in [0, 0.1) is 6.92 Å². The molecule has 1 aromatic heterocycles. The lowest BCUT2D eigenvalue weighted by atomic mass is 9.86. The first-order valence-corrected chi connectivity index (χ1v) is 11.9. The van der Waals surface area contributed by atoms with Gasteiger partial charge in [-0.15, -0.1) is 0 Å². The van der Waals surface area contributed by atoms with Crippen LogP contribution in [0.2, 0.25) is 0 Å². The lowest BCUT2D eigenvalue weighted by Crippen LogP contribution is -2.31. The number of nitrogens with one attached hydrogen (secondary N) is 2. The summed E-state index contributed by atoms with van der Waals surface area (Å²) in [4.78, 5) is 33.1. The average molecular weight is 450 g/mol. The fourth-order valence-electron chi connectivity index (χ4n) is 3.86. The van der Waals surface area contributed by atoms with E-state index in [2.05, 4.69) is 28.3 Å². The Labute approximate surface area is 191 Å². The SMILES string of the molecule is CCCCOc1ccccc1[C@H]1CC(=O)Nc2nc(SCc3cccc(C)c3)[nH]c(=O)c21. The number of H-pyrrole nitrogens is 1. The fraction of sp³-hybridized carbons (Fsp3) is 0.320. The smallest absolute Gasteiger partial charge is 0.257 e. The second kappa shape index (κ2) is 10.0. The number of thioether (sulfide) groups is 1. The number of aromatic amines is 1. The summed E-state index contributed by atoms with van der Waals surface area (Å²) in [5, 5.41) is 3.29. The Morgan fingerprint density at radius 1 is 1.16 bits per heavy atom. The summed E-state index contributed by atoms with van der Waals surface area (Å²) in [5.74, 6) is 1.17. The Morgan fingerprint density at radius 3 is 2.81 bits per heavy atom. The summed E-state index contributed by atoms with van der Waals surface area (Å²) in [7, 11) is 0. The topological polar surface area (TPSA) is 84.1 Å². The highest BCUT2D eigenvalue weighted by molar-refractivity contribution is 7.98. The van der Waals surface area contributed by atoms with Crippen LogP contribution >= 0.6 is 11.8 Å². The van der Waals surface area contributed by atoms with E-state index in [1.807, 2.05) is 49.4 Å². The largest absolute Gasteiger partial charge is 0.493 e. The normalized spacial score (nSPS) is 15.2. The van der Waals surface area contributed by atoms with Gasteiger partial charge in [-0.1, -0.05) is 73.1 Å². The Balaban J connectivity index is 1.63. The number of unbranched alkanes of at least 4 members (excludes halogenated alkanes) is 1. The van der Waals surface area contributed by atoms with Crippen LogP contribution in [-0.2, 0) is 10.5 Å². The molecule has 1 amide bonds. The molecule has 0 saturated carbocycles. The zero-order chi connectivity index (χ0) is 22.5. The molecule has 3 aromatic rings. The summed E-state index contributed by atoms with van der Waals surface area (Å²) in [6.07, 6.45) is 2.16. The van der Waals surface area contributed by atoms with E-state index in [4.69, 9.17) is 4.74 Å². The minimum absolute atomic E-state index is 0.154. The standard InChI is InChI=1S/C25H27N3O3S/c1-3-4-12-31-20-11-6-5-10-18(20)19-14-21(29)26-23-22(19)24(30)28-25(27-23)32-15-17-9-7-8-16(2)13-17/h5-11,13,19H,3-4,12,14-15H2,1-2H3,(H2,26,27,28,29,30)/t19-/m1/s1. The third kappa shape index (κ3) is 5.05. The molecular formula is C25H27N3O3S. The number of anilines is 1. The number of hydrogen-bond donors (Lipinski definition) is 2. The van der Waals surface area contributed by atoms with Gasteiger partial charge >= 0.3 is 0 Å². The summed E-state index contributed by atoms with van der Waals surface area (Å²) in [6, 6.07) is 15.8. The first kappa shape index (κ1) is 22.1. The molecule has 0 spiro atoms. The van der Waals surface area contributed by atoms with Crippen LogP contribution in [0.3, 0.4) is 0 Å². The Bertz CT molecular complexity index is 1180. The first-order chi connectivity index (χ1) is 15.5. The maximum absolute atomic E-state index is 13.1. The minimum atomic E-state index is -0.399. The van der Waals surface area contributed by atoms with Gasteiger partial charge in [0.1, 0.15) is 11.6 Å². The molecule has 32 heavy (non-hydrogen) atoms. The number of carbonyl (C=O) groups excluding carboxylic acids is 1. The maximum atomic E-state index is 13.1. The van der Waals surface area contributed by atoms with Crippen LogP contribution < -0.4 is 15.6 Å². The van der Waals surface area contributed by atoms with Gasteiger partial charge < -0.3 is 15.0 Å². The average Bonchev–Trinajstić information content (AvgIpc) is 2.77. The van der Waals surface area contributed by atoms with Gasteiger partial charge in [-0.25, -0.2) is 4.98 Å². The van der Waals surface area contributed by atoms with Gasteiger partial charge in [0.2, 0.25) is 5.91 Å². The number of hydrogen-bond acceptors (Lipinski definition) is 5. The van der Waals surface area contributed by atoms with Crippen molar-refractivity contribution in [2.45, 2.75) is 49.9 Å². The van der Waals surface area contributed by atoms with Crippen LogP contribution in [-0.4, -0.2) is 22.5 Å². The Kier molecular flexibility index (Phi) is 6.95. The zero-order valence-corrected chi connectivity index (χ0v) is 19.1. The minimum Gasteiger partial charge on any atom is -0.493 e. The second-order valence-electron chi connectivity index (χ2n) is 7.96. The molecule has 1 atom stereocenters. The van der Waals surface area contributed by atoms with Gasteiger partial charge in [0.25, 0.3) is 5.56 Å². The van der Waals surface area contributed by atoms with E-state index in [1.54, 1.807) is 0 Å². The van der Waals surface area contributed by atoms with Crippen molar-refractivity contribution in [1.29, 1.82) is 0 Å². The van der Waals surface area contributed by atoms with Crippen LogP contribution in [0.25, 0.3) is 0 Å². The van der Waals surface area contributed by atoms with Crippen molar-refractivity contribution in [2.75, 3.05) is 11.9 Å². The number of ether oxygens (including phenoxy) is 1. The number of aryl methyl sites for hydroxylation is 1. The number of amides is 1. The number of fused-ring (bicyclic) bond motifs is 1. The predicted molar refractivity (Wildman–Crippen MR) is 128 cm³/mol. The molecule has 1 aliphatic rings. The molecule has 0 unspecified atom stereocenters. The summed E-state index contributed by atoms with van der Waals surface area (Å²) < 4.78 is 5.97. The molecule has 0 aliphatic carbocycles. The molecule has 2 heterocycles. The van der Waals surface area contributed by atoms with E-state index in [0.717, 1.165) is 24.0 Å². The number of rotatable bonds is 8. The molecule has 1 aliphatic heterocycles. The van der Waals surface area contributed by atoms with Crippen LogP contribution in [0.1, 0.15) is 54.4 Å². The molecule has 2 aromatic carbocycles. The molecule has 0 saturated heterocycles. The molecule has 2 N–H and O–H groups in total. The molecular weight excluding hydrogens is 422 g/mol.